The van der Waals surface area contributed by atoms with Crippen molar-refractivity contribution in [3.8, 4) is 5.75 Å². The predicted molar refractivity (Wildman–Crippen MR) is 79.4 cm³/mol. The van der Waals surface area contributed by atoms with E-state index in [1.54, 1.807) is 7.11 Å². The number of aryl methyl sites for hydroxylation is 2. The third-order valence-electron chi connectivity index (χ3n) is 4.42. The SMILES string of the molecule is COc1cc(C)cc(C)c1C1CCCCCC1C(=O)O. The maximum Gasteiger partial charge on any atom is 0.307 e. The predicted octanol–water partition coefficient (Wildman–Crippen LogP) is 4.06. The van der Waals surface area contributed by atoms with E-state index in [2.05, 4.69) is 13.0 Å². The Labute approximate surface area is 121 Å². The van der Waals surface area contributed by atoms with Crippen LogP contribution in [-0.4, -0.2) is 18.2 Å². The van der Waals surface area contributed by atoms with Gasteiger partial charge in [-0.05, 0) is 43.9 Å². The minimum atomic E-state index is -0.668. The summed E-state index contributed by atoms with van der Waals surface area (Å²) in [7, 11) is 1.67. The zero-order valence-electron chi connectivity index (χ0n) is 12.6. The van der Waals surface area contributed by atoms with Crippen LogP contribution in [0.5, 0.6) is 5.75 Å². The van der Waals surface area contributed by atoms with Crippen molar-refractivity contribution < 1.29 is 14.6 Å². The maximum absolute atomic E-state index is 11.6. The minimum absolute atomic E-state index is 0.0746. The van der Waals surface area contributed by atoms with E-state index in [1.807, 2.05) is 13.0 Å². The van der Waals surface area contributed by atoms with Crippen molar-refractivity contribution in [1.29, 1.82) is 0 Å². The van der Waals surface area contributed by atoms with Crippen molar-refractivity contribution in [3.63, 3.8) is 0 Å². The van der Waals surface area contributed by atoms with Gasteiger partial charge in [0.2, 0.25) is 0 Å². The fourth-order valence-electron chi connectivity index (χ4n) is 3.53. The molecule has 0 aliphatic heterocycles. The number of carboxylic acids is 1. The van der Waals surface area contributed by atoms with Crippen LogP contribution in [0.25, 0.3) is 0 Å². The smallest absolute Gasteiger partial charge is 0.307 e. The summed E-state index contributed by atoms with van der Waals surface area (Å²) in [6, 6.07) is 4.15. The lowest BCUT2D eigenvalue weighted by atomic mass is 9.80. The van der Waals surface area contributed by atoms with Gasteiger partial charge in [0.1, 0.15) is 5.75 Å². The van der Waals surface area contributed by atoms with Gasteiger partial charge >= 0.3 is 5.97 Å². The number of carbonyl (C=O) groups is 1. The van der Waals surface area contributed by atoms with Crippen LogP contribution in [0.2, 0.25) is 0 Å². The molecule has 1 fully saturated rings. The van der Waals surface area contributed by atoms with Gasteiger partial charge in [-0.3, -0.25) is 4.79 Å². The summed E-state index contributed by atoms with van der Waals surface area (Å²) in [6.45, 7) is 4.11. The van der Waals surface area contributed by atoms with E-state index in [0.29, 0.717) is 0 Å². The lowest BCUT2D eigenvalue weighted by molar-refractivity contribution is -0.142. The summed E-state index contributed by atoms with van der Waals surface area (Å²) >= 11 is 0. The molecule has 20 heavy (non-hydrogen) atoms. The van der Waals surface area contributed by atoms with Crippen LogP contribution < -0.4 is 4.74 Å². The van der Waals surface area contributed by atoms with E-state index in [1.165, 1.54) is 0 Å². The molecule has 2 unspecified atom stereocenters. The Morgan fingerprint density at radius 3 is 2.55 bits per heavy atom. The fraction of sp³-hybridized carbons (Fsp3) is 0.588. The zero-order valence-corrected chi connectivity index (χ0v) is 12.6. The molecule has 0 saturated heterocycles. The highest BCUT2D eigenvalue weighted by atomic mass is 16.5. The normalized spacial score (nSPS) is 23.1. The first-order valence-corrected chi connectivity index (χ1v) is 7.42. The first-order chi connectivity index (χ1) is 9.54. The van der Waals surface area contributed by atoms with Crippen LogP contribution in [0, 0.1) is 19.8 Å². The Balaban J connectivity index is 2.48. The summed E-state index contributed by atoms with van der Waals surface area (Å²) in [5, 5.41) is 9.56. The number of benzene rings is 1. The second kappa shape index (κ2) is 6.29. The van der Waals surface area contributed by atoms with Crippen LogP contribution in [0.3, 0.4) is 0 Å². The van der Waals surface area contributed by atoms with Gasteiger partial charge in [-0.2, -0.15) is 0 Å². The van der Waals surface area contributed by atoms with E-state index < -0.39 is 5.97 Å². The molecule has 0 heterocycles. The van der Waals surface area contributed by atoms with Gasteiger partial charge in [0, 0.05) is 11.5 Å². The van der Waals surface area contributed by atoms with Gasteiger partial charge in [0.05, 0.1) is 13.0 Å². The summed E-state index contributed by atoms with van der Waals surface area (Å²) in [5.74, 6) is -0.0297. The Bertz CT molecular complexity index is 493. The summed E-state index contributed by atoms with van der Waals surface area (Å²) < 4.78 is 5.54. The van der Waals surface area contributed by atoms with Crippen molar-refractivity contribution in [2.45, 2.75) is 51.9 Å². The summed E-state index contributed by atoms with van der Waals surface area (Å²) in [5.41, 5.74) is 3.41. The highest BCUT2D eigenvalue weighted by Crippen LogP contribution is 2.42. The average molecular weight is 276 g/mol. The summed E-state index contributed by atoms with van der Waals surface area (Å²) in [4.78, 5) is 11.6. The molecule has 3 heteroatoms. The van der Waals surface area contributed by atoms with E-state index in [4.69, 9.17) is 4.74 Å². The topological polar surface area (TPSA) is 46.5 Å². The molecule has 1 aromatic carbocycles. The van der Waals surface area contributed by atoms with Crippen LogP contribution in [0.1, 0.15) is 54.7 Å². The molecule has 1 aliphatic rings. The molecule has 0 bridgehead atoms. The quantitative estimate of drug-likeness (QED) is 0.847. The first-order valence-electron chi connectivity index (χ1n) is 7.42. The van der Waals surface area contributed by atoms with Gasteiger partial charge < -0.3 is 9.84 Å². The fourth-order valence-corrected chi connectivity index (χ4v) is 3.53. The second-order valence-corrected chi connectivity index (χ2v) is 5.89. The third-order valence-corrected chi connectivity index (χ3v) is 4.42. The molecule has 2 rings (SSSR count). The molecule has 110 valence electrons. The number of carboxylic acid groups (broad SMARTS) is 1. The number of aliphatic carboxylic acids is 1. The van der Waals surface area contributed by atoms with Crippen molar-refractivity contribution in [2.75, 3.05) is 7.11 Å². The molecule has 1 aliphatic carbocycles. The molecule has 0 aromatic heterocycles. The monoisotopic (exact) mass is 276 g/mol. The zero-order chi connectivity index (χ0) is 14.7. The van der Waals surface area contributed by atoms with E-state index in [0.717, 1.165) is 54.5 Å². The molecule has 1 saturated carbocycles. The molecular formula is C17H24O3. The first kappa shape index (κ1) is 14.9. The number of rotatable bonds is 3. The number of hydrogen-bond donors (Lipinski definition) is 1. The van der Waals surface area contributed by atoms with Gasteiger partial charge in [-0.15, -0.1) is 0 Å². The Morgan fingerprint density at radius 1 is 1.20 bits per heavy atom. The molecule has 2 atom stereocenters. The largest absolute Gasteiger partial charge is 0.496 e. The number of hydrogen-bond acceptors (Lipinski definition) is 2. The molecule has 0 spiro atoms. The molecule has 1 aromatic rings. The van der Waals surface area contributed by atoms with Crippen LogP contribution in [0.15, 0.2) is 12.1 Å². The highest BCUT2D eigenvalue weighted by molar-refractivity contribution is 5.72. The Kier molecular flexibility index (Phi) is 4.69. The molecule has 0 radical (unpaired) electrons. The number of ether oxygens (including phenoxy) is 1. The lowest BCUT2D eigenvalue weighted by Crippen LogP contribution is -2.22. The van der Waals surface area contributed by atoms with Crippen molar-refractivity contribution >= 4 is 5.97 Å². The standard InChI is InChI=1S/C17H24O3/c1-11-9-12(2)16(15(10-11)20-3)13-7-5-4-6-8-14(13)17(18)19/h9-10,13-14H,4-8H2,1-3H3,(H,18,19). The second-order valence-electron chi connectivity index (χ2n) is 5.89. The third kappa shape index (κ3) is 2.97. The summed E-state index contributed by atoms with van der Waals surface area (Å²) in [6.07, 6.45) is 4.97. The molecule has 0 amide bonds. The van der Waals surface area contributed by atoms with E-state index in [9.17, 15) is 9.90 Å². The van der Waals surface area contributed by atoms with Gasteiger partial charge in [-0.25, -0.2) is 0 Å². The Hall–Kier alpha value is -1.51. The maximum atomic E-state index is 11.6. The van der Waals surface area contributed by atoms with Gasteiger partial charge in [-0.1, -0.05) is 25.3 Å². The van der Waals surface area contributed by atoms with Crippen molar-refractivity contribution in [3.05, 3.63) is 28.8 Å². The molecule has 3 nitrogen and oxygen atoms in total. The van der Waals surface area contributed by atoms with E-state index in [-0.39, 0.29) is 11.8 Å². The van der Waals surface area contributed by atoms with Gasteiger partial charge in [0.25, 0.3) is 0 Å². The van der Waals surface area contributed by atoms with Crippen molar-refractivity contribution in [2.24, 2.45) is 5.92 Å². The van der Waals surface area contributed by atoms with Crippen LogP contribution >= 0.6 is 0 Å². The Morgan fingerprint density at radius 2 is 1.90 bits per heavy atom. The average Bonchev–Trinajstić information content (AvgIpc) is 2.63. The van der Waals surface area contributed by atoms with Crippen LogP contribution in [0.4, 0.5) is 0 Å². The van der Waals surface area contributed by atoms with Gasteiger partial charge in [0.15, 0.2) is 0 Å². The highest BCUT2D eigenvalue weighted by Gasteiger charge is 2.33. The minimum Gasteiger partial charge on any atom is -0.496 e. The lowest BCUT2D eigenvalue weighted by Gasteiger charge is -2.26. The van der Waals surface area contributed by atoms with E-state index >= 15 is 0 Å². The van der Waals surface area contributed by atoms with Crippen LogP contribution in [-0.2, 0) is 4.79 Å². The molecule has 1 N–H and O–H groups in total. The van der Waals surface area contributed by atoms with Crippen molar-refractivity contribution in [1.82, 2.24) is 0 Å². The molecular weight excluding hydrogens is 252 g/mol. The number of methoxy groups -OCH3 is 1.